The predicted molar refractivity (Wildman–Crippen MR) is 19.2 cm³/mol. The second kappa shape index (κ2) is 1.61. The van der Waals surface area contributed by atoms with Crippen molar-refractivity contribution in [1.82, 2.24) is 10.2 Å². The maximum absolute atomic E-state index is 4.44. The molecule has 1 fully saturated rings. The van der Waals surface area contributed by atoms with Gasteiger partial charge in [0.05, 0.1) is 0 Å². The van der Waals surface area contributed by atoms with Gasteiger partial charge in [0.1, 0.15) is 18.9 Å². The average Bonchev–Trinajstić information content (AvgIpc) is 1.76. The van der Waals surface area contributed by atoms with Crippen LogP contribution >= 0.6 is 12.2 Å². The van der Waals surface area contributed by atoms with E-state index in [9.17, 15) is 0 Å². The van der Waals surface area contributed by atoms with Crippen molar-refractivity contribution in [3.8, 4) is 0 Å². The summed E-state index contributed by atoms with van der Waals surface area (Å²) >= 11 is 1.16. The van der Waals surface area contributed by atoms with E-state index >= 15 is 0 Å². The van der Waals surface area contributed by atoms with E-state index in [0.717, 1.165) is 12.2 Å². The van der Waals surface area contributed by atoms with Crippen LogP contribution in [0.25, 0.3) is 0 Å². The van der Waals surface area contributed by atoms with Crippen molar-refractivity contribution in [2.75, 3.05) is 0 Å². The van der Waals surface area contributed by atoms with Crippen molar-refractivity contribution in [2.45, 2.75) is 0 Å². The van der Waals surface area contributed by atoms with E-state index in [0.29, 0.717) is 0 Å². The highest BCUT2D eigenvalue weighted by molar-refractivity contribution is 7.92. The largest absolute Gasteiger partial charge is 0.217 e. The van der Waals surface area contributed by atoms with Crippen molar-refractivity contribution < 1.29 is 4.28 Å². The van der Waals surface area contributed by atoms with Crippen LogP contribution in [0.3, 0.4) is 0 Å². The summed E-state index contributed by atoms with van der Waals surface area (Å²) in [4.78, 5) is 0. The van der Waals surface area contributed by atoms with E-state index in [1.165, 1.54) is 0 Å². The molecule has 1 rings (SSSR count). The maximum atomic E-state index is 4.44. The van der Waals surface area contributed by atoms with E-state index in [2.05, 4.69) is 14.5 Å². The second-order valence-electron chi connectivity index (χ2n) is 0.547. The van der Waals surface area contributed by atoms with Crippen LogP contribution in [-0.2, 0) is 4.28 Å². The third-order valence-electron chi connectivity index (χ3n) is 0.256. The van der Waals surface area contributed by atoms with Gasteiger partial charge in [0, 0.05) is 0 Å². The molecule has 1 saturated heterocycles. The SMILES string of the molecule is [CH]1NOSN1. The molecule has 0 bridgehead atoms. The fraction of sp³-hybridized carbons (Fsp3) is 0. The number of hydroxylamine groups is 1. The van der Waals surface area contributed by atoms with Crippen molar-refractivity contribution in [1.29, 1.82) is 0 Å². The van der Waals surface area contributed by atoms with Gasteiger partial charge in [-0.05, 0) is 0 Å². The molecule has 0 saturated carbocycles. The Morgan fingerprint density at radius 2 is 2.80 bits per heavy atom. The molecule has 1 aliphatic heterocycles. The monoisotopic (exact) mass is 91.0 g/mol. The molecule has 1 radical (unpaired) electrons. The molecule has 29 valence electrons. The number of nitrogens with one attached hydrogen (secondary N) is 2. The van der Waals surface area contributed by atoms with Gasteiger partial charge in [0.2, 0.25) is 0 Å². The minimum atomic E-state index is 1.16. The molecule has 1 heterocycles. The zero-order valence-corrected chi connectivity index (χ0v) is 3.21. The Hall–Kier alpha value is 0.230. The van der Waals surface area contributed by atoms with Crippen LogP contribution in [0, 0.1) is 6.67 Å². The van der Waals surface area contributed by atoms with Crippen molar-refractivity contribution in [2.24, 2.45) is 0 Å². The first-order valence-electron chi connectivity index (χ1n) is 1.15. The molecule has 0 aromatic heterocycles. The van der Waals surface area contributed by atoms with Crippen molar-refractivity contribution in [3.05, 3.63) is 6.67 Å². The van der Waals surface area contributed by atoms with Gasteiger partial charge in [-0.2, -0.15) is 5.48 Å². The van der Waals surface area contributed by atoms with Gasteiger partial charge in [0.15, 0.2) is 0 Å². The van der Waals surface area contributed by atoms with Gasteiger partial charge < -0.3 is 0 Å². The zero-order valence-electron chi connectivity index (χ0n) is 2.39. The number of rotatable bonds is 0. The van der Waals surface area contributed by atoms with Crippen LogP contribution < -0.4 is 10.2 Å². The van der Waals surface area contributed by atoms with Crippen LogP contribution in [0.5, 0.6) is 0 Å². The predicted octanol–water partition coefficient (Wildman–Crippen LogP) is -0.207. The molecule has 4 heteroatoms. The lowest BCUT2D eigenvalue weighted by molar-refractivity contribution is 0.294. The lowest BCUT2D eigenvalue weighted by Gasteiger charge is -1.73. The van der Waals surface area contributed by atoms with E-state index in [1.54, 1.807) is 6.67 Å². The lowest BCUT2D eigenvalue weighted by atomic mass is 11.3. The van der Waals surface area contributed by atoms with E-state index < -0.39 is 0 Å². The van der Waals surface area contributed by atoms with Gasteiger partial charge in [-0.15, -0.1) is 0 Å². The molecule has 0 aliphatic carbocycles. The van der Waals surface area contributed by atoms with Crippen molar-refractivity contribution in [3.63, 3.8) is 0 Å². The molecule has 0 spiro atoms. The highest BCUT2D eigenvalue weighted by Crippen LogP contribution is 1.97. The molecule has 1 aliphatic rings. The topological polar surface area (TPSA) is 33.3 Å². The molecule has 5 heavy (non-hydrogen) atoms. The van der Waals surface area contributed by atoms with Crippen LogP contribution in [0.2, 0.25) is 0 Å². The summed E-state index contributed by atoms with van der Waals surface area (Å²) in [6.07, 6.45) is 0. The third kappa shape index (κ3) is 0.769. The standard InChI is InChI=1S/CH3N2OS/c1-2-4-5-3-1/h1-3H. The Morgan fingerprint density at radius 1 is 1.80 bits per heavy atom. The molecular formula is CH3N2OS. The minimum Gasteiger partial charge on any atom is -0.217 e. The Kier molecular flexibility index (Phi) is 1.10. The molecule has 0 amide bonds. The molecular weight excluding hydrogens is 88.1 g/mol. The third-order valence-corrected chi connectivity index (χ3v) is 0.649. The Morgan fingerprint density at radius 3 is 3.00 bits per heavy atom. The molecule has 3 nitrogen and oxygen atoms in total. The summed E-state index contributed by atoms with van der Waals surface area (Å²) in [7, 11) is 0. The van der Waals surface area contributed by atoms with Gasteiger partial charge in [0.25, 0.3) is 0 Å². The first-order chi connectivity index (χ1) is 2.50. The molecule has 2 N–H and O–H groups in total. The number of hydrogen-bond acceptors (Lipinski definition) is 4. The zero-order chi connectivity index (χ0) is 3.54. The molecule has 0 aromatic carbocycles. The second-order valence-corrected chi connectivity index (χ2v) is 1.12. The highest BCUT2D eigenvalue weighted by atomic mass is 32.2. The van der Waals surface area contributed by atoms with E-state index in [4.69, 9.17) is 0 Å². The van der Waals surface area contributed by atoms with Crippen molar-refractivity contribution >= 4 is 12.2 Å². The lowest BCUT2D eigenvalue weighted by Crippen LogP contribution is -2.00. The maximum Gasteiger partial charge on any atom is 0.125 e. The summed E-state index contributed by atoms with van der Waals surface area (Å²) in [5, 5.41) is 0. The minimum absolute atomic E-state index is 1.16. The Bertz CT molecular complexity index is 21.2. The Labute approximate surface area is 34.4 Å². The molecule has 0 atom stereocenters. The average molecular weight is 91.1 g/mol. The fourth-order valence-electron chi connectivity index (χ4n) is 0.120. The normalized spacial score (nSPS) is 24.0. The summed E-state index contributed by atoms with van der Waals surface area (Å²) in [5.41, 5.74) is 2.45. The Balaban J connectivity index is 2.08. The molecule has 0 aromatic rings. The van der Waals surface area contributed by atoms with Gasteiger partial charge in [-0.25, -0.2) is 9.01 Å². The highest BCUT2D eigenvalue weighted by Gasteiger charge is 1.94. The smallest absolute Gasteiger partial charge is 0.125 e. The first kappa shape index (κ1) is 3.42. The quantitative estimate of drug-likeness (QED) is 0.319. The van der Waals surface area contributed by atoms with Crippen LogP contribution in [0.15, 0.2) is 0 Å². The summed E-state index contributed by atoms with van der Waals surface area (Å²) in [5.74, 6) is 0. The summed E-state index contributed by atoms with van der Waals surface area (Å²) < 4.78 is 7.12. The first-order valence-corrected chi connectivity index (χ1v) is 1.89. The molecule has 0 unspecified atom stereocenters. The van der Waals surface area contributed by atoms with E-state index in [1.807, 2.05) is 0 Å². The van der Waals surface area contributed by atoms with Crippen LogP contribution in [0.4, 0.5) is 0 Å². The fourth-order valence-corrected chi connectivity index (χ4v) is 0.361. The van der Waals surface area contributed by atoms with E-state index in [-0.39, 0.29) is 0 Å². The van der Waals surface area contributed by atoms with Crippen LogP contribution in [0.1, 0.15) is 0 Å². The van der Waals surface area contributed by atoms with Gasteiger partial charge >= 0.3 is 0 Å². The van der Waals surface area contributed by atoms with Gasteiger partial charge in [-0.3, -0.25) is 0 Å². The van der Waals surface area contributed by atoms with Gasteiger partial charge in [-0.1, -0.05) is 0 Å². The summed E-state index contributed by atoms with van der Waals surface area (Å²) in [6.45, 7) is 1.60. The number of hydrogen-bond donors (Lipinski definition) is 2. The van der Waals surface area contributed by atoms with Crippen LogP contribution in [-0.4, -0.2) is 0 Å². The summed E-state index contributed by atoms with van der Waals surface area (Å²) in [6, 6.07) is 0.